The topological polar surface area (TPSA) is 67.4 Å². The molecule has 2 aromatic carbocycles. The summed E-state index contributed by atoms with van der Waals surface area (Å²) in [4.78, 5) is 23.9. The van der Waals surface area contributed by atoms with Gasteiger partial charge < -0.3 is 4.74 Å². The summed E-state index contributed by atoms with van der Waals surface area (Å²) in [5, 5.41) is 0. The van der Waals surface area contributed by atoms with Crippen LogP contribution in [0, 0.1) is 0 Å². The third kappa shape index (κ3) is 5.60. The molecule has 2 amide bonds. The van der Waals surface area contributed by atoms with Crippen LogP contribution in [0.15, 0.2) is 53.0 Å². The third-order valence-corrected chi connectivity index (χ3v) is 4.32. The van der Waals surface area contributed by atoms with Crippen LogP contribution in [0.5, 0.6) is 5.75 Å². The lowest BCUT2D eigenvalue weighted by Crippen LogP contribution is -2.43. The first-order chi connectivity index (χ1) is 12.0. The lowest BCUT2D eigenvalue weighted by molar-refractivity contribution is -0.123. The molecule has 0 radical (unpaired) electrons. The Morgan fingerprint density at radius 2 is 1.88 bits per heavy atom. The van der Waals surface area contributed by atoms with E-state index in [0.29, 0.717) is 17.2 Å². The number of hydrogen-bond acceptors (Lipinski definition) is 3. The van der Waals surface area contributed by atoms with Crippen molar-refractivity contribution in [1.82, 2.24) is 10.9 Å². The van der Waals surface area contributed by atoms with Gasteiger partial charge in [-0.15, -0.1) is 0 Å². The fourth-order valence-corrected chi connectivity index (χ4v) is 2.65. The summed E-state index contributed by atoms with van der Waals surface area (Å²) in [5.74, 6) is 0.206. The van der Waals surface area contributed by atoms with Gasteiger partial charge in [0.2, 0.25) is 0 Å². The van der Waals surface area contributed by atoms with Crippen LogP contribution < -0.4 is 15.6 Å². The highest BCUT2D eigenvalue weighted by Crippen LogP contribution is 2.28. The fourth-order valence-electron chi connectivity index (χ4n) is 2.25. The molecule has 2 aromatic rings. The van der Waals surface area contributed by atoms with Crippen molar-refractivity contribution < 1.29 is 14.3 Å². The molecule has 1 unspecified atom stereocenters. The molecule has 2 N–H and O–H groups in total. The van der Waals surface area contributed by atoms with Crippen LogP contribution >= 0.6 is 15.9 Å². The first-order valence-electron chi connectivity index (χ1n) is 8.07. The van der Waals surface area contributed by atoms with Gasteiger partial charge in [-0.3, -0.25) is 20.4 Å². The van der Waals surface area contributed by atoms with Crippen LogP contribution in [0.3, 0.4) is 0 Å². The minimum Gasteiger partial charge on any atom is -0.483 e. The average molecular weight is 405 g/mol. The Labute approximate surface area is 155 Å². The quantitative estimate of drug-likeness (QED) is 0.719. The molecule has 0 aliphatic carbocycles. The van der Waals surface area contributed by atoms with Gasteiger partial charge in [0.1, 0.15) is 5.75 Å². The Morgan fingerprint density at radius 1 is 1.12 bits per heavy atom. The van der Waals surface area contributed by atoms with E-state index >= 15 is 0 Å². The van der Waals surface area contributed by atoms with Crippen LogP contribution in [0.1, 0.15) is 42.1 Å². The lowest BCUT2D eigenvalue weighted by Gasteiger charge is -2.15. The van der Waals surface area contributed by atoms with Crippen LogP contribution in [-0.2, 0) is 4.79 Å². The summed E-state index contributed by atoms with van der Waals surface area (Å²) in [6.45, 7) is 4.04. The molecule has 1 atom stereocenters. The number of nitrogens with one attached hydrogen (secondary N) is 2. The molecule has 0 saturated carbocycles. The maximum Gasteiger partial charge on any atom is 0.276 e. The van der Waals surface area contributed by atoms with Gasteiger partial charge in [-0.1, -0.05) is 54.0 Å². The second kappa shape index (κ2) is 9.22. The van der Waals surface area contributed by atoms with E-state index in [1.807, 2.05) is 30.3 Å². The molecule has 2 rings (SSSR count). The van der Waals surface area contributed by atoms with Crippen molar-refractivity contribution in [2.45, 2.75) is 26.2 Å². The summed E-state index contributed by atoms with van der Waals surface area (Å²) < 4.78 is 6.40. The first kappa shape index (κ1) is 19.0. The second-order valence-corrected chi connectivity index (χ2v) is 6.56. The lowest BCUT2D eigenvalue weighted by atomic mass is 9.98. The summed E-state index contributed by atoms with van der Waals surface area (Å²) in [6.07, 6.45) is 0.981. The standard InChI is InChI=1S/C19H21BrN2O3/c1-3-13(2)16-9-4-5-10-17(16)25-12-18(23)21-22-19(24)14-7-6-8-15(20)11-14/h4-11,13H,3,12H2,1-2H3,(H,21,23)(H,22,24). The van der Waals surface area contributed by atoms with Gasteiger partial charge >= 0.3 is 0 Å². The Hall–Kier alpha value is -2.34. The number of para-hydroxylation sites is 1. The maximum atomic E-state index is 12.0. The van der Waals surface area contributed by atoms with E-state index < -0.39 is 11.8 Å². The summed E-state index contributed by atoms with van der Waals surface area (Å²) in [7, 11) is 0. The van der Waals surface area contributed by atoms with Crippen LogP contribution in [0.25, 0.3) is 0 Å². The highest BCUT2D eigenvalue weighted by molar-refractivity contribution is 9.10. The van der Waals surface area contributed by atoms with Gasteiger partial charge in [0.25, 0.3) is 11.8 Å². The maximum absolute atomic E-state index is 12.0. The van der Waals surface area contributed by atoms with Crippen LogP contribution in [0.2, 0.25) is 0 Å². The highest BCUT2D eigenvalue weighted by Gasteiger charge is 2.12. The zero-order chi connectivity index (χ0) is 18.2. The van der Waals surface area contributed by atoms with Gasteiger partial charge in [-0.05, 0) is 42.2 Å². The van der Waals surface area contributed by atoms with E-state index in [9.17, 15) is 9.59 Å². The molecule has 0 spiro atoms. The predicted octanol–water partition coefficient (Wildman–Crippen LogP) is 3.80. The molecule has 25 heavy (non-hydrogen) atoms. The van der Waals surface area contributed by atoms with Gasteiger partial charge in [-0.2, -0.15) is 0 Å². The third-order valence-electron chi connectivity index (χ3n) is 3.82. The smallest absolute Gasteiger partial charge is 0.276 e. The van der Waals surface area contributed by atoms with Gasteiger partial charge in [-0.25, -0.2) is 0 Å². The van der Waals surface area contributed by atoms with E-state index in [0.717, 1.165) is 16.5 Å². The molecule has 0 bridgehead atoms. The van der Waals surface area contributed by atoms with E-state index in [1.54, 1.807) is 18.2 Å². The normalized spacial score (nSPS) is 11.5. The molecule has 0 aliphatic heterocycles. The number of carbonyl (C=O) groups is 2. The molecular formula is C19H21BrN2O3. The van der Waals surface area contributed by atoms with Gasteiger partial charge in [0, 0.05) is 10.0 Å². The minimum absolute atomic E-state index is 0.174. The highest BCUT2D eigenvalue weighted by atomic mass is 79.9. The number of hydrazine groups is 1. The van der Waals surface area contributed by atoms with Crippen LogP contribution in [-0.4, -0.2) is 18.4 Å². The zero-order valence-corrected chi connectivity index (χ0v) is 15.8. The fraction of sp³-hybridized carbons (Fsp3) is 0.263. The number of amides is 2. The predicted molar refractivity (Wildman–Crippen MR) is 100 cm³/mol. The molecule has 5 nitrogen and oxygen atoms in total. The number of ether oxygens (including phenoxy) is 1. The molecular weight excluding hydrogens is 384 g/mol. The number of halogens is 1. The molecule has 0 heterocycles. The zero-order valence-electron chi connectivity index (χ0n) is 14.2. The van der Waals surface area contributed by atoms with Crippen molar-refractivity contribution in [2.24, 2.45) is 0 Å². The van der Waals surface area contributed by atoms with Gasteiger partial charge in [0.15, 0.2) is 6.61 Å². The van der Waals surface area contributed by atoms with Crippen molar-refractivity contribution in [1.29, 1.82) is 0 Å². The van der Waals surface area contributed by atoms with E-state index in [2.05, 4.69) is 40.6 Å². The summed E-state index contributed by atoms with van der Waals surface area (Å²) in [6, 6.07) is 14.5. The minimum atomic E-state index is -0.428. The summed E-state index contributed by atoms with van der Waals surface area (Å²) >= 11 is 3.30. The Morgan fingerprint density at radius 3 is 2.60 bits per heavy atom. The van der Waals surface area contributed by atoms with Crippen molar-refractivity contribution in [3.05, 3.63) is 64.1 Å². The molecule has 0 fully saturated rings. The van der Waals surface area contributed by atoms with Gasteiger partial charge in [0.05, 0.1) is 0 Å². The van der Waals surface area contributed by atoms with Crippen LogP contribution in [0.4, 0.5) is 0 Å². The second-order valence-electron chi connectivity index (χ2n) is 5.65. The van der Waals surface area contributed by atoms with Crippen molar-refractivity contribution >= 4 is 27.7 Å². The average Bonchev–Trinajstić information content (AvgIpc) is 2.64. The Kier molecular flexibility index (Phi) is 7.01. The number of hydrogen-bond donors (Lipinski definition) is 2. The number of rotatable bonds is 6. The van der Waals surface area contributed by atoms with E-state index in [4.69, 9.17) is 4.74 Å². The largest absolute Gasteiger partial charge is 0.483 e. The number of benzene rings is 2. The van der Waals surface area contributed by atoms with E-state index in [1.165, 1.54) is 0 Å². The first-order valence-corrected chi connectivity index (χ1v) is 8.87. The summed E-state index contributed by atoms with van der Waals surface area (Å²) in [5.41, 5.74) is 6.23. The molecule has 0 aromatic heterocycles. The SMILES string of the molecule is CCC(C)c1ccccc1OCC(=O)NNC(=O)c1cccc(Br)c1. The Balaban J connectivity index is 1.86. The Bertz CT molecular complexity index is 749. The molecule has 0 saturated heterocycles. The monoisotopic (exact) mass is 404 g/mol. The molecule has 0 aliphatic rings. The number of carbonyl (C=O) groups excluding carboxylic acids is 2. The molecule has 6 heteroatoms. The molecule has 132 valence electrons. The van der Waals surface area contributed by atoms with Crippen molar-refractivity contribution in [3.63, 3.8) is 0 Å². The van der Waals surface area contributed by atoms with Crippen molar-refractivity contribution in [3.8, 4) is 5.75 Å². The van der Waals surface area contributed by atoms with Crippen molar-refractivity contribution in [2.75, 3.05) is 6.61 Å². The van der Waals surface area contributed by atoms with E-state index in [-0.39, 0.29) is 6.61 Å².